The molecule has 2 amide bonds. The minimum Gasteiger partial charge on any atom is -0.462 e. The predicted octanol–water partition coefficient (Wildman–Crippen LogP) is 6.44. The van der Waals surface area contributed by atoms with Gasteiger partial charge in [-0.3, -0.25) is 9.59 Å². The molecule has 0 radical (unpaired) electrons. The first-order valence-corrected chi connectivity index (χ1v) is 14.2. The van der Waals surface area contributed by atoms with Crippen LogP contribution < -0.4 is 4.90 Å². The lowest BCUT2D eigenvalue weighted by Gasteiger charge is -2.55. The zero-order valence-corrected chi connectivity index (χ0v) is 23.4. The third-order valence-electron chi connectivity index (χ3n) is 7.93. The number of halogens is 2. The normalized spacial score (nSPS) is 27.1. The number of hydrogen-bond donors (Lipinski definition) is 0. The van der Waals surface area contributed by atoms with Crippen LogP contribution in [0.1, 0.15) is 58.8 Å². The Labute approximate surface area is 232 Å². The van der Waals surface area contributed by atoms with E-state index < -0.39 is 26.5 Å². The van der Waals surface area contributed by atoms with Crippen LogP contribution in [0.4, 0.5) is 5.69 Å². The maximum Gasteiger partial charge on any atom is 0.338 e. The zero-order valence-electron chi connectivity index (χ0n) is 20.2. The highest BCUT2D eigenvalue weighted by atomic mass is 79.9. The van der Waals surface area contributed by atoms with Crippen LogP contribution in [0.3, 0.4) is 0 Å². The van der Waals surface area contributed by atoms with Crippen molar-refractivity contribution in [2.75, 3.05) is 11.5 Å². The van der Waals surface area contributed by atoms with E-state index in [1.54, 1.807) is 24.3 Å². The van der Waals surface area contributed by atoms with E-state index in [1.807, 2.05) is 48.5 Å². The summed E-state index contributed by atoms with van der Waals surface area (Å²) in [5, 5.41) is 0. The minimum absolute atomic E-state index is 0.255. The van der Waals surface area contributed by atoms with E-state index in [2.05, 4.69) is 38.8 Å². The molecule has 5 nitrogen and oxygen atoms in total. The first-order chi connectivity index (χ1) is 17.8. The Kier molecular flexibility index (Phi) is 5.92. The summed E-state index contributed by atoms with van der Waals surface area (Å²) in [4.78, 5) is 41.9. The van der Waals surface area contributed by atoms with E-state index in [-0.39, 0.29) is 11.8 Å². The van der Waals surface area contributed by atoms with E-state index in [0.29, 0.717) is 17.9 Å². The molecule has 0 spiro atoms. The highest BCUT2D eigenvalue weighted by Crippen LogP contribution is 2.70. The van der Waals surface area contributed by atoms with Crippen molar-refractivity contribution in [3.8, 4) is 0 Å². The van der Waals surface area contributed by atoms with E-state index in [9.17, 15) is 14.4 Å². The summed E-state index contributed by atoms with van der Waals surface area (Å²) in [5.41, 5.74) is 4.83. The number of carbonyl (C=O) groups is 3. The number of esters is 1. The van der Waals surface area contributed by atoms with Crippen LogP contribution in [0, 0.1) is 11.8 Å². The number of amides is 2. The van der Waals surface area contributed by atoms with Crippen molar-refractivity contribution in [2.24, 2.45) is 11.8 Å². The first-order valence-electron chi connectivity index (χ1n) is 12.6. The molecule has 1 saturated heterocycles. The van der Waals surface area contributed by atoms with Crippen LogP contribution in [0.25, 0.3) is 0 Å². The molecule has 188 valence electrons. The van der Waals surface area contributed by atoms with Gasteiger partial charge in [0.1, 0.15) is 0 Å². The number of anilines is 1. The fourth-order valence-corrected chi connectivity index (χ4v) is 8.57. The van der Waals surface area contributed by atoms with Gasteiger partial charge in [-0.1, -0.05) is 100 Å². The summed E-state index contributed by atoms with van der Waals surface area (Å²) in [7, 11) is 0. The molecule has 3 aromatic carbocycles. The van der Waals surface area contributed by atoms with Gasteiger partial charge in [0.05, 0.1) is 38.3 Å². The SMILES string of the molecule is CCCCCOC(=O)c1ccc(N2C(=O)[C@H]3[C@H](C2=O)C2(Br)c4ccccc4C3(Br)c3ccccc32)cc1. The van der Waals surface area contributed by atoms with E-state index in [4.69, 9.17) is 4.74 Å². The van der Waals surface area contributed by atoms with E-state index in [1.165, 1.54) is 4.90 Å². The lowest BCUT2D eigenvalue weighted by Crippen LogP contribution is -2.56. The summed E-state index contributed by atoms with van der Waals surface area (Å²) in [6.45, 7) is 2.47. The second-order valence-electron chi connectivity index (χ2n) is 9.87. The molecule has 1 fully saturated rings. The molecule has 2 atom stereocenters. The van der Waals surface area contributed by atoms with Crippen LogP contribution in [0.5, 0.6) is 0 Å². The molecular weight excluding hydrogens is 598 g/mol. The molecule has 2 bridgehead atoms. The van der Waals surface area contributed by atoms with Gasteiger partial charge in [0.25, 0.3) is 0 Å². The molecule has 0 N–H and O–H groups in total. The Morgan fingerprint density at radius 3 is 1.68 bits per heavy atom. The number of benzene rings is 3. The number of imide groups is 1. The molecule has 0 unspecified atom stereocenters. The Morgan fingerprint density at radius 1 is 0.784 bits per heavy atom. The lowest BCUT2D eigenvalue weighted by molar-refractivity contribution is -0.122. The molecule has 7 rings (SSSR count). The van der Waals surface area contributed by atoms with Crippen molar-refractivity contribution in [3.63, 3.8) is 0 Å². The molecule has 1 heterocycles. The number of nitrogens with zero attached hydrogens (tertiary/aromatic N) is 1. The second kappa shape index (κ2) is 8.91. The fourth-order valence-electron chi connectivity index (χ4n) is 6.27. The number of alkyl halides is 2. The minimum atomic E-state index is -0.829. The highest BCUT2D eigenvalue weighted by Gasteiger charge is 2.72. The number of unbranched alkanes of at least 4 members (excludes halogenated alkanes) is 2. The van der Waals surface area contributed by atoms with Crippen LogP contribution in [0.2, 0.25) is 0 Å². The van der Waals surface area contributed by atoms with Crippen molar-refractivity contribution in [2.45, 2.75) is 34.8 Å². The molecule has 3 aromatic rings. The Hall–Kier alpha value is -2.77. The second-order valence-corrected chi connectivity index (χ2v) is 12.4. The average molecular weight is 623 g/mol. The van der Waals surface area contributed by atoms with Gasteiger partial charge >= 0.3 is 5.97 Å². The molecular formula is C30H25Br2NO4. The fraction of sp³-hybridized carbons (Fsp3) is 0.300. The average Bonchev–Trinajstić information content (AvgIpc) is 3.20. The van der Waals surface area contributed by atoms with Gasteiger partial charge in [-0.05, 0) is 52.9 Å². The Balaban J connectivity index is 1.39. The summed E-state index contributed by atoms with van der Waals surface area (Å²) in [6.07, 6.45) is 2.88. The van der Waals surface area contributed by atoms with Crippen LogP contribution in [0.15, 0.2) is 72.8 Å². The molecule has 0 aromatic heterocycles. The summed E-state index contributed by atoms with van der Waals surface area (Å²) >= 11 is 8.03. The number of ether oxygens (including phenoxy) is 1. The van der Waals surface area contributed by atoms with Gasteiger partial charge in [-0.25, -0.2) is 9.69 Å². The van der Waals surface area contributed by atoms with Gasteiger partial charge in [-0.15, -0.1) is 0 Å². The maximum atomic E-state index is 14.1. The van der Waals surface area contributed by atoms with Crippen LogP contribution in [-0.2, 0) is 23.0 Å². The molecule has 0 saturated carbocycles. The molecule has 7 heteroatoms. The first kappa shape index (κ1) is 24.6. The topological polar surface area (TPSA) is 63.7 Å². The third kappa shape index (κ3) is 3.29. The van der Waals surface area contributed by atoms with Crippen LogP contribution in [-0.4, -0.2) is 24.4 Å². The van der Waals surface area contributed by atoms with Crippen molar-refractivity contribution < 1.29 is 19.1 Å². The summed E-state index contributed by atoms with van der Waals surface area (Å²) in [5.74, 6) is -2.18. The molecule has 4 aliphatic rings. The number of hydrogen-bond acceptors (Lipinski definition) is 4. The highest BCUT2D eigenvalue weighted by molar-refractivity contribution is 9.10. The van der Waals surface area contributed by atoms with Gasteiger partial charge in [0, 0.05) is 0 Å². The molecule has 1 aliphatic heterocycles. The zero-order chi connectivity index (χ0) is 25.9. The smallest absolute Gasteiger partial charge is 0.338 e. The van der Waals surface area contributed by atoms with Gasteiger partial charge in [0.2, 0.25) is 11.8 Å². The molecule has 3 aliphatic carbocycles. The van der Waals surface area contributed by atoms with Crippen molar-refractivity contribution >= 4 is 55.3 Å². The van der Waals surface area contributed by atoms with E-state index in [0.717, 1.165) is 41.5 Å². The Morgan fingerprint density at radius 2 is 1.24 bits per heavy atom. The molecule has 37 heavy (non-hydrogen) atoms. The van der Waals surface area contributed by atoms with Crippen molar-refractivity contribution in [1.82, 2.24) is 0 Å². The summed E-state index contributed by atoms with van der Waals surface area (Å²) < 4.78 is 3.69. The van der Waals surface area contributed by atoms with Crippen LogP contribution >= 0.6 is 31.9 Å². The number of rotatable bonds is 6. The monoisotopic (exact) mass is 621 g/mol. The van der Waals surface area contributed by atoms with Gasteiger partial charge in [0.15, 0.2) is 0 Å². The lowest BCUT2D eigenvalue weighted by atomic mass is 9.54. The Bertz CT molecular complexity index is 1310. The van der Waals surface area contributed by atoms with Gasteiger partial charge < -0.3 is 4.74 Å². The maximum absolute atomic E-state index is 14.1. The standard InChI is InChI=1S/C30H25Br2NO4/c1-2-3-8-17-37-28(36)18-13-15-19(16-14-18)33-26(34)24-25(27(33)35)30(32)21-10-5-4-9-20(21)29(24,31)22-11-6-7-12-23(22)30/h4-7,9-16,24-25H,2-3,8,17H2,1H3/t24-,25-,29?,30?/m1/s1. The largest absolute Gasteiger partial charge is 0.462 e. The third-order valence-corrected chi connectivity index (χ3v) is 10.6. The van der Waals surface area contributed by atoms with E-state index >= 15 is 0 Å². The quantitative estimate of drug-likeness (QED) is 0.137. The summed E-state index contributed by atoms with van der Waals surface area (Å²) in [6, 6.07) is 22.6. The number of carbonyl (C=O) groups excluding carboxylic acids is 3. The van der Waals surface area contributed by atoms with Gasteiger partial charge in [-0.2, -0.15) is 0 Å². The predicted molar refractivity (Wildman–Crippen MR) is 148 cm³/mol. The van der Waals surface area contributed by atoms with Crippen molar-refractivity contribution in [1.29, 1.82) is 0 Å². The van der Waals surface area contributed by atoms with Crippen molar-refractivity contribution in [3.05, 3.63) is 101 Å².